The minimum absolute atomic E-state index is 0.0708. The van der Waals surface area contributed by atoms with Crippen LogP contribution in [0.3, 0.4) is 0 Å². The fourth-order valence-corrected chi connectivity index (χ4v) is 2.63. The smallest absolute Gasteiger partial charge is 0.241 e. The molecule has 1 unspecified atom stereocenters. The second kappa shape index (κ2) is 7.99. The standard InChI is InChI=1S/C18H22FN5O2/c1-13(26-15-5-3-4-14(19)8-15)10-20-16-9-17(22-12-21-16)24-7-6-23(2)18(25)11-24/h3-5,8-9,12-13H,6-7,10-11H2,1-2H3,(H,20,21,22). The Morgan fingerprint density at radius 1 is 1.31 bits per heavy atom. The number of carbonyl (C=O) groups excluding carboxylic acids is 1. The second-order valence-electron chi connectivity index (χ2n) is 6.27. The molecule has 1 saturated heterocycles. The number of ether oxygens (including phenoxy) is 1. The zero-order valence-electron chi connectivity index (χ0n) is 14.9. The monoisotopic (exact) mass is 359 g/mol. The molecule has 138 valence electrons. The van der Waals surface area contributed by atoms with E-state index in [1.165, 1.54) is 18.5 Å². The predicted octanol–water partition coefficient (Wildman–Crippen LogP) is 1.77. The van der Waals surface area contributed by atoms with Crippen molar-refractivity contribution in [3.05, 3.63) is 42.5 Å². The average molecular weight is 359 g/mol. The van der Waals surface area contributed by atoms with Gasteiger partial charge in [0.1, 0.15) is 35.6 Å². The summed E-state index contributed by atoms with van der Waals surface area (Å²) in [6.45, 7) is 4.10. The van der Waals surface area contributed by atoms with Gasteiger partial charge in [0.2, 0.25) is 5.91 Å². The van der Waals surface area contributed by atoms with Crippen molar-refractivity contribution < 1.29 is 13.9 Å². The first-order valence-electron chi connectivity index (χ1n) is 8.48. The van der Waals surface area contributed by atoms with Crippen LogP contribution in [0.5, 0.6) is 5.75 Å². The summed E-state index contributed by atoms with van der Waals surface area (Å²) < 4.78 is 18.9. The highest BCUT2D eigenvalue weighted by Gasteiger charge is 2.22. The van der Waals surface area contributed by atoms with E-state index in [2.05, 4.69) is 15.3 Å². The number of nitrogens with one attached hydrogen (secondary N) is 1. The van der Waals surface area contributed by atoms with Crippen LogP contribution >= 0.6 is 0 Å². The molecule has 1 N–H and O–H groups in total. The van der Waals surface area contributed by atoms with Crippen LogP contribution in [0.4, 0.5) is 16.0 Å². The molecule has 1 fully saturated rings. The maximum Gasteiger partial charge on any atom is 0.241 e. The summed E-state index contributed by atoms with van der Waals surface area (Å²) in [6.07, 6.45) is 1.29. The van der Waals surface area contributed by atoms with Gasteiger partial charge in [-0.25, -0.2) is 14.4 Å². The van der Waals surface area contributed by atoms with Gasteiger partial charge in [0.05, 0.1) is 13.1 Å². The Balaban J connectivity index is 1.56. The van der Waals surface area contributed by atoms with E-state index in [0.29, 0.717) is 37.0 Å². The maximum absolute atomic E-state index is 13.2. The molecule has 0 saturated carbocycles. The van der Waals surface area contributed by atoms with Crippen LogP contribution in [0.1, 0.15) is 6.92 Å². The molecular weight excluding hydrogens is 337 g/mol. The summed E-state index contributed by atoms with van der Waals surface area (Å²) in [5, 5.41) is 3.19. The first-order valence-corrected chi connectivity index (χ1v) is 8.48. The first kappa shape index (κ1) is 17.9. The number of anilines is 2. The van der Waals surface area contributed by atoms with Crippen LogP contribution in [0.15, 0.2) is 36.7 Å². The van der Waals surface area contributed by atoms with Crippen molar-refractivity contribution in [2.75, 3.05) is 43.4 Å². The Morgan fingerprint density at radius 2 is 2.15 bits per heavy atom. The normalized spacial score (nSPS) is 15.7. The lowest BCUT2D eigenvalue weighted by Crippen LogP contribution is -2.48. The lowest BCUT2D eigenvalue weighted by Gasteiger charge is -2.32. The van der Waals surface area contributed by atoms with Gasteiger partial charge >= 0.3 is 0 Å². The van der Waals surface area contributed by atoms with E-state index in [0.717, 1.165) is 6.54 Å². The van der Waals surface area contributed by atoms with Gasteiger partial charge in [0.25, 0.3) is 0 Å². The second-order valence-corrected chi connectivity index (χ2v) is 6.27. The number of hydrogen-bond acceptors (Lipinski definition) is 6. The number of hydrogen-bond donors (Lipinski definition) is 1. The molecule has 2 heterocycles. The van der Waals surface area contributed by atoms with Crippen molar-refractivity contribution in [2.45, 2.75) is 13.0 Å². The molecule has 0 aliphatic carbocycles. The average Bonchev–Trinajstić information content (AvgIpc) is 2.62. The third-order valence-corrected chi connectivity index (χ3v) is 4.14. The molecule has 0 spiro atoms. The highest BCUT2D eigenvalue weighted by atomic mass is 19.1. The predicted molar refractivity (Wildman–Crippen MR) is 96.9 cm³/mol. The van der Waals surface area contributed by atoms with E-state index in [1.807, 2.05) is 17.9 Å². The molecule has 0 radical (unpaired) electrons. The molecule has 1 aromatic heterocycles. The number of rotatable bonds is 6. The molecule has 0 bridgehead atoms. The molecule has 26 heavy (non-hydrogen) atoms. The summed E-state index contributed by atoms with van der Waals surface area (Å²) >= 11 is 0. The Kier molecular flexibility index (Phi) is 5.50. The number of piperazine rings is 1. The van der Waals surface area contributed by atoms with Gasteiger partial charge in [-0.2, -0.15) is 0 Å². The Bertz CT molecular complexity index is 773. The van der Waals surface area contributed by atoms with Gasteiger partial charge in [-0.3, -0.25) is 4.79 Å². The third-order valence-electron chi connectivity index (χ3n) is 4.14. The third kappa shape index (κ3) is 4.59. The fraction of sp³-hybridized carbons (Fsp3) is 0.389. The van der Waals surface area contributed by atoms with Crippen LogP contribution < -0.4 is 15.0 Å². The number of benzene rings is 1. The summed E-state index contributed by atoms with van der Waals surface area (Å²) in [5.41, 5.74) is 0. The topological polar surface area (TPSA) is 70.6 Å². The van der Waals surface area contributed by atoms with Crippen molar-refractivity contribution >= 4 is 17.5 Å². The number of halogens is 1. The lowest BCUT2D eigenvalue weighted by molar-refractivity contribution is -0.129. The zero-order chi connectivity index (χ0) is 18.5. The minimum Gasteiger partial charge on any atom is -0.489 e. The SMILES string of the molecule is CC(CNc1cc(N2CCN(C)C(=O)C2)ncn1)Oc1cccc(F)c1. The van der Waals surface area contributed by atoms with Crippen molar-refractivity contribution in [3.63, 3.8) is 0 Å². The number of carbonyl (C=O) groups is 1. The summed E-state index contributed by atoms with van der Waals surface area (Å²) in [4.78, 5) is 24.0. The Labute approximate surface area is 151 Å². The van der Waals surface area contributed by atoms with Crippen LogP contribution in [-0.2, 0) is 4.79 Å². The zero-order valence-corrected chi connectivity index (χ0v) is 14.9. The molecular formula is C18H22FN5O2. The van der Waals surface area contributed by atoms with Gasteiger partial charge < -0.3 is 19.9 Å². The summed E-state index contributed by atoms with van der Waals surface area (Å²) in [5.74, 6) is 1.59. The van der Waals surface area contributed by atoms with Crippen molar-refractivity contribution in [1.82, 2.24) is 14.9 Å². The fourth-order valence-electron chi connectivity index (χ4n) is 2.63. The van der Waals surface area contributed by atoms with E-state index < -0.39 is 0 Å². The summed E-state index contributed by atoms with van der Waals surface area (Å²) in [7, 11) is 1.80. The largest absolute Gasteiger partial charge is 0.489 e. The van der Waals surface area contributed by atoms with Crippen LogP contribution in [0, 0.1) is 5.82 Å². The molecule has 1 amide bonds. The van der Waals surface area contributed by atoms with E-state index in [9.17, 15) is 9.18 Å². The summed E-state index contributed by atoms with van der Waals surface area (Å²) in [6, 6.07) is 7.87. The highest BCUT2D eigenvalue weighted by Crippen LogP contribution is 2.17. The molecule has 1 aliphatic rings. The van der Waals surface area contributed by atoms with E-state index >= 15 is 0 Å². The molecule has 1 aromatic carbocycles. The lowest BCUT2D eigenvalue weighted by atomic mass is 10.3. The Hall–Kier alpha value is -2.90. The molecule has 3 rings (SSSR count). The molecule has 1 atom stereocenters. The molecule has 7 nitrogen and oxygen atoms in total. The number of nitrogens with zero attached hydrogens (tertiary/aromatic N) is 4. The number of likely N-dealkylation sites (N-methyl/N-ethyl adjacent to an activating group) is 1. The highest BCUT2D eigenvalue weighted by molar-refractivity contribution is 5.82. The molecule has 1 aliphatic heterocycles. The van der Waals surface area contributed by atoms with Gasteiger partial charge in [-0.15, -0.1) is 0 Å². The molecule has 8 heteroatoms. The minimum atomic E-state index is -0.329. The first-order chi connectivity index (χ1) is 12.5. The number of aromatic nitrogens is 2. The quantitative estimate of drug-likeness (QED) is 0.848. The Morgan fingerprint density at radius 3 is 2.92 bits per heavy atom. The van der Waals surface area contributed by atoms with Gasteiger partial charge in [-0.1, -0.05) is 6.07 Å². The molecule has 2 aromatic rings. The van der Waals surface area contributed by atoms with E-state index in [-0.39, 0.29) is 17.8 Å². The number of amides is 1. The van der Waals surface area contributed by atoms with E-state index in [1.54, 1.807) is 24.1 Å². The van der Waals surface area contributed by atoms with Crippen molar-refractivity contribution in [1.29, 1.82) is 0 Å². The van der Waals surface area contributed by atoms with Crippen molar-refractivity contribution in [2.24, 2.45) is 0 Å². The van der Waals surface area contributed by atoms with Gasteiger partial charge in [0.15, 0.2) is 0 Å². The van der Waals surface area contributed by atoms with Crippen LogP contribution in [-0.4, -0.2) is 60.1 Å². The van der Waals surface area contributed by atoms with Crippen LogP contribution in [0.2, 0.25) is 0 Å². The van der Waals surface area contributed by atoms with Gasteiger partial charge in [0, 0.05) is 32.3 Å². The van der Waals surface area contributed by atoms with Crippen LogP contribution in [0.25, 0.3) is 0 Å². The van der Waals surface area contributed by atoms with E-state index in [4.69, 9.17) is 4.74 Å². The van der Waals surface area contributed by atoms with Crippen molar-refractivity contribution in [3.8, 4) is 5.75 Å². The maximum atomic E-state index is 13.2. The van der Waals surface area contributed by atoms with Gasteiger partial charge in [-0.05, 0) is 19.1 Å².